The smallest absolute Gasteiger partial charge is 0.434 e. The van der Waals surface area contributed by atoms with E-state index >= 15 is 0 Å². The van der Waals surface area contributed by atoms with Gasteiger partial charge in [-0.3, -0.25) is 0 Å². The zero-order chi connectivity index (χ0) is 14.9. The number of ether oxygens (including phenoxy) is 1. The summed E-state index contributed by atoms with van der Waals surface area (Å²) in [7, 11) is 1.19. The maximum Gasteiger partial charge on any atom is 0.434 e. The SMILES string of the molecule is COc1nn(-c2cnc(C(F)(F)F)cn2)cc1C(=O)[O-]. The van der Waals surface area contributed by atoms with E-state index in [1.165, 1.54) is 7.11 Å². The van der Waals surface area contributed by atoms with Gasteiger partial charge in [0, 0.05) is 6.20 Å². The van der Waals surface area contributed by atoms with Crippen molar-refractivity contribution >= 4 is 5.97 Å². The predicted molar refractivity (Wildman–Crippen MR) is 55.0 cm³/mol. The molecule has 7 nitrogen and oxygen atoms in total. The van der Waals surface area contributed by atoms with Gasteiger partial charge < -0.3 is 14.6 Å². The average molecular weight is 287 g/mol. The van der Waals surface area contributed by atoms with Crippen LogP contribution in [0.4, 0.5) is 13.2 Å². The maximum atomic E-state index is 12.3. The van der Waals surface area contributed by atoms with E-state index in [2.05, 4.69) is 15.1 Å². The number of carbonyl (C=O) groups is 1. The molecule has 0 fully saturated rings. The molecule has 0 unspecified atom stereocenters. The summed E-state index contributed by atoms with van der Waals surface area (Å²) in [5.41, 5.74) is -1.52. The summed E-state index contributed by atoms with van der Waals surface area (Å²) in [5, 5.41) is 14.5. The molecule has 0 aliphatic carbocycles. The fourth-order valence-electron chi connectivity index (χ4n) is 1.35. The number of carboxylic acid groups (broad SMARTS) is 1. The van der Waals surface area contributed by atoms with E-state index in [4.69, 9.17) is 4.74 Å². The van der Waals surface area contributed by atoms with E-state index < -0.39 is 17.8 Å². The molecule has 2 rings (SSSR count). The van der Waals surface area contributed by atoms with Gasteiger partial charge in [-0.05, 0) is 0 Å². The van der Waals surface area contributed by atoms with E-state index in [9.17, 15) is 23.1 Å². The molecule has 0 spiro atoms. The van der Waals surface area contributed by atoms with Crippen LogP contribution in [-0.2, 0) is 6.18 Å². The van der Waals surface area contributed by atoms with Gasteiger partial charge in [0.05, 0.1) is 31.0 Å². The van der Waals surface area contributed by atoms with Gasteiger partial charge in [-0.2, -0.15) is 13.2 Å². The summed E-state index contributed by atoms with van der Waals surface area (Å²) in [6.07, 6.45) is -2.27. The van der Waals surface area contributed by atoms with E-state index in [1.54, 1.807) is 0 Å². The Labute approximate surface area is 109 Å². The quantitative estimate of drug-likeness (QED) is 0.792. The minimum Gasteiger partial charge on any atom is -0.545 e. The fourth-order valence-corrected chi connectivity index (χ4v) is 1.35. The fraction of sp³-hybridized carbons (Fsp3) is 0.200. The molecule has 2 heterocycles. The van der Waals surface area contributed by atoms with Gasteiger partial charge in [-0.25, -0.2) is 14.6 Å². The number of hydrogen-bond donors (Lipinski definition) is 0. The van der Waals surface area contributed by atoms with Crippen molar-refractivity contribution in [3.63, 3.8) is 0 Å². The van der Waals surface area contributed by atoms with Crippen molar-refractivity contribution in [3.8, 4) is 11.7 Å². The van der Waals surface area contributed by atoms with Gasteiger partial charge in [0.2, 0.25) is 5.88 Å². The van der Waals surface area contributed by atoms with Crippen molar-refractivity contribution in [1.29, 1.82) is 0 Å². The van der Waals surface area contributed by atoms with Crippen molar-refractivity contribution in [2.24, 2.45) is 0 Å². The number of aromatic carboxylic acids is 1. The van der Waals surface area contributed by atoms with Crippen molar-refractivity contribution in [1.82, 2.24) is 19.7 Å². The summed E-state index contributed by atoms with van der Waals surface area (Å²) in [6, 6.07) is 0. The number of aromatic nitrogens is 4. The van der Waals surface area contributed by atoms with E-state index in [0.717, 1.165) is 17.1 Å². The Bertz CT molecular complexity index is 636. The third kappa shape index (κ3) is 2.53. The molecule has 0 radical (unpaired) electrons. The first-order chi connectivity index (χ1) is 9.32. The zero-order valence-corrected chi connectivity index (χ0v) is 9.88. The van der Waals surface area contributed by atoms with Crippen molar-refractivity contribution in [3.05, 3.63) is 29.8 Å². The largest absolute Gasteiger partial charge is 0.545 e. The van der Waals surface area contributed by atoms with Crippen molar-refractivity contribution in [2.45, 2.75) is 6.18 Å². The lowest BCUT2D eigenvalue weighted by Gasteiger charge is -2.05. The molecule has 0 aliphatic heterocycles. The lowest BCUT2D eigenvalue weighted by Crippen LogP contribution is -2.22. The number of halogens is 3. The first kappa shape index (κ1) is 13.8. The van der Waals surface area contributed by atoms with Gasteiger partial charge in [-0.15, -0.1) is 5.10 Å². The first-order valence-corrected chi connectivity index (χ1v) is 5.07. The van der Waals surface area contributed by atoms with Crippen LogP contribution < -0.4 is 9.84 Å². The normalized spacial score (nSPS) is 11.4. The Morgan fingerprint density at radius 2 is 2.05 bits per heavy atom. The number of carbonyl (C=O) groups excluding carboxylic acids is 1. The third-order valence-corrected chi connectivity index (χ3v) is 2.26. The van der Waals surface area contributed by atoms with Crippen molar-refractivity contribution in [2.75, 3.05) is 7.11 Å². The second-order valence-corrected chi connectivity index (χ2v) is 3.54. The topological polar surface area (TPSA) is 93.0 Å². The molecule has 0 amide bonds. The molecule has 0 bridgehead atoms. The van der Waals surface area contributed by atoms with Crippen LogP contribution in [0.15, 0.2) is 18.6 Å². The number of alkyl halides is 3. The number of carboxylic acids is 1. The van der Waals surface area contributed by atoms with Crippen LogP contribution in [0.3, 0.4) is 0 Å². The van der Waals surface area contributed by atoms with Crippen LogP contribution in [0.2, 0.25) is 0 Å². The van der Waals surface area contributed by atoms with Crippen LogP contribution in [0, 0.1) is 0 Å². The van der Waals surface area contributed by atoms with Crippen LogP contribution in [-0.4, -0.2) is 32.8 Å². The van der Waals surface area contributed by atoms with Gasteiger partial charge in [0.25, 0.3) is 0 Å². The second kappa shape index (κ2) is 4.79. The van der Waals surface area contributed by atoms with Gasteiger partial charge >= 0.3 is 6.18 Å². The second-order valence-electron chi connectivity index (χ2n) is 3.54. The molecule has 0 atom stereocenters. The lowest BCUT2D eigenvalue weighted by molar-refractivity contribution is -0.255. The molecule has 0 saturated heterocycles. The Morgan fingerprint density at radius 3 is 2.45 bits per heavy atom. The highest BCUT2D eigenvalue weighted by Crippen LogP contribution is 2.27. The lowest BCUT2D eigenvalue weighted by atomic mass is 10.3. The Hall–Kier alpha value is -2.65. The summed E-state index contributed by atoms with van der Waals surface area (Å²) in [5.74, 6) is -1.87. The first-order valence-electron chi connectivity index (χ1n) is 5.07. The molecule has 2 aromatic rings. The standard InChI is InChI=1S/C10H7F3N4O3/c1-20-8-5(9(18)19)4-17(16-8)7-3-14-6(2-15-7)10(11,12)13/h2-4H,1H3,(H,18,19)/p-1. The van der Waals surface area contributed by atoms with Gasteiger partial charge in [0.1, 0.15) is 0 Å². The summed E-state index contributed by atoms with van der Waals surface area (Å²) in [6.45, 7) is 0. The van der Waals surface area contributed by atoms with Gasteiger partial charge in [-0.1, -0.05) is 0 Å². The number of methoxy groups -OCH3 is 1. The van der Waals surface area contributed by atoms with Crippen LogP contribution in [0.25, 0.3) is 5.82 Å². The maximum absolute atomic E-state index is 12.3. The monoisotopic (exact) mass is 287 g/mol. The highest BCUT2D eigenvalue weighted by atomic mass is 19.4. The molecule has 0 aromatic carbocycles. The van der Waals surface area contributed by atoms with Gasteiger partial charge in [0.15, 0.2) is 11.5 Å². The Kier molecular flexibility index (Phi) is 3.30. The van der Waals surface area contributed by atoms with Crippen molar-refractivity contribution < 1.29 is 27.8 Å². The minimum absolute atomic E-state index is 0.0937. The molecule has 20 heavy (non-hydrogen) atoms. The van der Waals surface area contributed by atoms with Crippen LogP contribution in [0.5, 0.6) is 5.88 Å². The summed E-state index contributed by atoms with van der Waals surface area (Å²) < 4.78 is 42.6. The molecule has 106 valence electrons. The molecular weight excluding hydrogens is 281 g/mol. The molecule has 10 heteroatoms. The average Bonchev–Trinajstić information content (AvgIpc) is 2.82. The Balaban J connectivity index is 2.39. The highest BCUT2D eigenvalue weighted by Gasteiger charge is 2.32. The number of nitrogens with zero attached hydrogens (tertiary/aromatic N) is 4. The predicted octanol–water partition coefficient (Wildman–Crippen LogP) is 0.0532. The molecule has 0 saturated carbocycles. The highest BCUT2D eigenvalue weighted by molar-refractivity contribution is 5.88. The van der Waals surface area contributed by atoms with E-state index in [-0.39, 0.29) is 17.3 Å². The molecule has 2 aromatic heterocycles. The Morgan fingerprint density at radius 1 is 1.35 bits per heavy atom. The summed E-state index contributed by atoms with van der Waals surface area (Å²) in [4.78, 5) is 17.5. The number of rotatable bonds is 3. The van der Waals surface area contributed by atoms with E-state index in [0.29, 0.717) is 6.20 Å². The van der Waals surface area contributed by atoms with Crippen LogP contribution >= 0.6 is 0 Å². The third-order valence-electron chi connectivity index (χ3n) is 2.26. The van der Waals surface area contributed by atoms with Crippen LogP contribution in [0.1, 0.15) is 16.1 Å². The molecular formula is C10H6F3N4O3-. The summed E-state index contributed by atoms with van der Waals surface area (Å²) >= 11 is 0. The number of hydrogen-bond acceptors (Lipinski definition) is 6. The zero-order valence-electron chi connectivity index (χ0n) is 9.88. The molecule has 0 aliphatic rings. The van der Waals surface area contributed by atoms with E-state index in [1.807, 2.05) is 0 Å². The molecule has 0 N–H and O–H groups in total. The minimum atomic E-state index is -4.61.